The Hall–Kier alpha value is -1.35. The summed E-state index contributed by atoms with van der Waals surface area (Å²) >= 11 is 0. The quantitative estimate of drug-likeness (QED) is 0.849. The lowest BCUT2D eigenvalue weighted by molar-refractivity contribution is 0.167. The summed E-state index contributed by atoms with van der Waals surface area (Å²) in [5, 5.41) is 3.52. The highest BCUT2D eigenvalue weighted by molar-refractivity contribution is 5.20. The SMILES string of the molecule is CCCNC(Cc1ccc(F)cc1)C1=CCCCO1. The maximum atomic E-state index is 12.9. The summed E-state index contributed by atoms with van der Waals surface area (Å²) in [5.41, 5.74) is 1.13. The van der Waals surface area contributed by atoms with Gasteiger partial charge in [0.05, 0.1) is 12.6 Å². The number of hydrogen-bond donors (Lipinski definition) is 1. The second kappa shape index (κ2) is 7.29. The molecular weight excluding hydrogens is 241 g/mol. The zero-order valence-electron chi connectivity index (χ0n) is 11.5. The molecule has 1 atom stereocenters. The molecule has 0 aromatic heterocycles. The van der Waals surface area contributed by atoms with E-state index in [9.17, 15) is 4.39 Å². The molecule has 0 fully saturated rings. The van der Waals surface area contributed by atoms with Crippen LogP contribution in [0.15, 0.2) is 36.1 Å². The van der Waals surface area contributed by atoms with Gasteiger partial charge in [0.2, 0.25) is 0 Å². The molecule has 0 saturated heterocycles. The van der Waals surface area contributed by atoms with Crippen LogP contribution >= 0.6 is 0 Å². The van der Waals surface area contributed by atoms with Crippen molar-refractivity contribution in [1.82, 2.24) is 5.32 Å². The summed E-state index contributed by atoms with van der Waals surface area (Å²) in [5.74, 6) is 0.860. The van der Waals surface area contributed by atoms with Gasteiger partial charge >= 0.3 is 0 Å². The van der Waals surface area contributed by atoms with Crippen LogP contribution in [-0.2, 0) is 11.2 Å². The van der Waals surface area contributed by atoms with Crippen molar-refractivity contribution < 1.29 is 9.13 Å². The Morgan fingerprint density at radius 1 is 1.32 bits per heavy atom. The molecule has 19 heavy (non-hydrogen) atoms. The van der Waals surface area contributed by atoms with Gasteiger partial charge < -0.3 is 10.1 Å². The molecule has 1 aliphatic heterocycles. The van der Waals surface area contributed by atoms with Crippen LogP contribution in [-0.4, -0.2) is 19.2 Å². The molecule has 0 radical (unpaired) electrons. The van der Waals surface area contributed by atoms with Gasteiger partial charge in [-0.1, -0.05) is 19.1 Å². The number of hydrogen-bond acceptors (Lipinski definition) is 2. The number of rotatable bonds is 6. The Morgan fingerprint density at radius 2 is 2.11 bits per heavy atom. The van der Waals surface area contributed by atoms with Gasteiger partial charge in [-0.3, -0.25) is 0 Å². The molecule has 1 aromatic rings. The van der Waals surface area contributed by atoms with E-state index in [1.807, 2.05) is 12.1 Å². The van der Waals surface area contributed by atoms with Crippen molar-refractivity contribution in [2.75, 3.05) is 13.2 Å². The molecule has 0 saturated carbocycles. The number of ether oxygens (including phenoxy) is 1. The van der Waals surface area contributed by atoms with Gasteiger partial charge in [0.15, 0.2) is 0 Å². The maximum Gasteiger partial charge on any atom is 0.123 e. The van der Waals surface area contributed by atoms with E-state index in [1.54, 1.807) is 0 Å². The van der Waals surface area contributed by atoms with E-state index in [-0.39, 0.29) is 11.9 Å². The Morgan fingerprint density at radius 3 is 2.74 bits per heavy atom. The third-order valence-electron chi connectivity index (χ3n) is 3.30. The van der Waals surface area contributed by atoms with Gasteiger partial charge in [0.1, 0.15) is 11.6 Å². The van der Waals surface area contributed by atoms with Crippen LogP contribution in [0.1, 0.15) is 31.7 Å². The molecule has 1 unspecified atom stereocenters. The second-order valence-corrected chi connectivity index (χ2v) is 4.93. The van der Waals surface area contributed by atoms with Crippen LogP contribution in [0, 0.1) is 5.82 Å². The fourth-order valence-corrected chi connectivity index (χ4v) is 2.27. The standard InChI is InChI=1S/C16H22FNO/c1-2-10-18-15(16-5-3-4-11-19-16)12-13-6-8-14(17)9-7-13/h5-9,15,18H,2-4,10-12H2,1H3. The third-order valence-corrected chi connectivity index (χ3v) is 3.30. The lowest BCUT2D eigenvalue weighted by atomic mass is 10.0. The van der Waals surface area contributed by atoms with Gasteiger partial charge in [-0.2, -0.15) is 0 Å². The van der Waals surface area contributed by atoms with Crippen LogP contribution in [0.2, 0.25) is 0 Å². The fraction of sp³-hybridized carbons (Fsp3) is 0.500. The molecule has 1 N–H and O–H groups in total. The highest BCUT2D eigenvalue weighted by atomic mass is 19.1. The topological polar surface area (TPSA) is 21.3 Å². The monoisotopic (exact) mass is 263 g/mol. The smallest absolute Gasteiger partial charge is 0.123 e. The molecular formula is C16H22FNO. The zero-order valence-corrected chi connectivity index (χ0v) is 11.5. The number of nitrogens with one attached hydrogen (secondary N) is 1. The predicted octanol–water partition coefficient (Wildman–Crippen LogP) is 3.43. The largest absolute Gasteiger partial charge is 0.497 e. The normalized spacial score (nSPS) is 16.6. The molecule has 0 amide bonds. The Labute approximate surface area is 114 Å². The lowest BCUT2D eigenvalue weighted by Gasteiger charge is -2.25. The molecule has 1 heterocycles. The number of halogens is 1. The fourth-order valence-electron chi connectivity index (χ4n) is 2.27. The average molecular weight is 263 g/mol. The first-order valence-corrected chi connectivity index (χ1v) is 7.10. The van der Waals surface area contributed by atoms with E-state index >= 15 is 0 Å². The first-order chi connectivity index (χ1) is 9.29. The molecule has 0 bridgehead atoms. The Kier molecular flexibility index (Phi) is 5.40. The third kappa shape index (κ3) is 4.35. The van der Waals surface area contributed by atoms with Gasteiger partial charge in [0, 0.05) is 0 Å². The number of benzene rings is 1. The van der Waals surface area contributed by atoms with Crippen LogP contribution in [0.5, 0.6) is 0 Å². The first kappa shape index (κ1) is 14.1. The Balaban J connectivity index is 2.04. The molecule has 1 aromatic carbocycles. The summed E-state index contributed by atoms with van der Waals surface area (Å²) in [7, 11) is 0. The van der Waals surface area contributed by atoms with E-state index in [1.165, 1.54) is 12.1 Å². The van der Waals surface area contributed by atoms with Crippen LogP contribution in [0.25, 0.3) is 0 Å². The summed E-state index contributed by atoms with van der Waals surface area (Å²) in [6.45, 7) is 3.92. The van der Waals surface area contributed by atoms with E-state index in [2.05, 4.69) is 18.3 Å². The highest BCUT2D eigenvalue weighted by Gasteiger charge is 2.17. The minimum atomic E-state index is -0.185. The average Bonchev–Trinajstić information content (AvgIpc) is 2.46. The zero-order chi connectivity index (χ0) is 13.5. The summed E-state index contributed by atoms with van der Waals surface area (Å²) in [6, 6.07) is 6.93. The minimum absolute atomic E-state index is 0.185. The Bertz CT molecular complexity index is 413. The first-order valence-electron chi connectivity index (χ1n) is 7.10. The van der Waals surface area contributed by atoms with E-state index in [4.69, 9.17) is 4.74 Å². The van der Waals surface area contributed by atoms with Crippen molar-refractivity contribution in [1.29, 1.82) is 0 Å². The van der Waals surface area contributed by atoms with E-state index in [0.717, 1.165) is 50.2 Å². The summed E-state index contributed by atoms with van der Waals surface area (Å²) in [6.07, 6.45) is 6.29. The van der Waals surface area contributed by atoms with Gasteiger partial charge in [-0.15, -0.1) is 0 Å². The van der Waals surface area contributed by atoms with Gasteiger partial charge in [0.25, 0.3) is 0 Å². The lowest BCUT2D eigenvalue weighted by Crippen LogP contribution is -2.35. The van der Waals surface area contributed by atoms with Gasteiger partial charge in [-0.05, 0) is 56.0 Å². The van der Waals surface area contributed by atoms with Crippen molar-refractivity contribution in [2.45, 2.75) is 38.6 Å². The molecule has 3 heteroatoms. The molecule has 0 spiro atoms. The molecule has 2 rings (SSSR count). The minimum Gasteiger partial charge on any atom is -0.497 e. The maximum absolute atomic E-state index is 12.9. The van der Waals surface area contributed by atoms with Crippen LogP contribution in [0.4, 0.5) is 4.39 Å². The number of allylic oxidation sites excluding steroid dienone is 1. The van der Waals surface area contributed by atoms with Crippen LogP contribution in [0.3, 0.4) is 0 Å². The van der Waals surface area contributed by atoms with Crippen LogP contribution < -0.4 is 5.32 Å². The summed E-state index contributed by atoms with van der Waals surface area (Å²) in [4.78, 5) is 0. The predicted molar refractivity (Wildman–Crippen MR) is 75.5 cm³/mol. The van der Waals surface area contributed by atoms with Gasteiger partial charge in [-0.25, -0.2) is 4.39 Å². The highest BCUT2D eigenvalue weighted by Crippen LogP contribution is 2.17. The second-order valence-electron chi connectivity index (χ2n) is 4.93. The molecule has 104 valence electrons. The van der Waals surface area contributed by atoms with Crippen molar-refractivity contribution in [3.05, 3.63) is 47.5 Å². The summed E-state index contributed by atoms with van der Waals surface area (Å²) < 4.78 is 18.7. The van der Waals surface area contributed by atoms with Crippen molar-refractivity contribution in [2.24, 2.45) is 0 Å². The molecule has 1 aliphatic rings. The van der Waals surface area contributed by atoms with E-state index < -0.39 is 0 Å². The van der Waals surface area contributed by atoms with Crippen molar-refractivity contribution in [3.8, 4) is 0 Å². The van der Waals surface area contributed by atoms with Crippen molar-refractivity contribution >= 4 is 0 Å². The molecule has 0 aliphatic carbocycles. The van der Waals surface area contributed by atoms with Crippen molar-refractivity contribution in [3.63, 3.8) is 0 Å². The van der Waals surface area contributed by atoms with E-state index in [0.29, 0.717) is 0 Å². The molecule has 2 nitrogen and oxygen atoms in total.